The smallest absolute Gasteiger partial charge is 0.315 e. The fourth-order valence-electron chi connectivity index (χ4n) is 2.15. The predicted octanol–water partition coefficient (Wildman–Crippen LogP) is 2.26. The average Bonchev–Trinajstić information content (AvgIpc) is 3.08. The van der Waals surface area contributed by atoms with E-state index in [2.05, 4.69) is 15.4 Å². The summed E-state index contributed by atoms with van der Waals surface area (Å²) in [4.78, 5) is 13.3. The molecule has 0 spiro atoms. The maximum atomic E-state index is 11.9. The van der Waals surface area contributed by atoms with E-state index in [1.54, 1.807) is 29.5 Å². The molecule has 1 aromatic carbocycles. The summed E-state index contributed by atoms with van der Waals surface area (Å²) in [6, 6.07) is 9.94. The van der Waals surface area contributed by atoms with Crippen LogP contribution in [0, 0.1) is 0 Å². The lowest BCUT2D eigenvalue weighted by atomic mass is 10.1. The average molecular weight is 367 g/mol. The second-order valence-electron chi connectivity index (χ2n) is 5.23. The maximum Gasteiger partial charge on any atom is 0.315 e. The molecular weight excluding hydrogens is 346 g/mol. The Morgan fingerprint density at radius 1 is 1.25 bits per heavy atom. The van der Waals surface area contributed by atoms with E-state index in [-0.39, 0.29) is 17.0 Å². The zero-order valence-electron chi connectivity index (χ0n) is 13.6. The van der Waals surface area contributed by atoms with E-state index in [1.165, 1.54) is 18.0 Å². The zero-order chi connectivity index (χ0) is 17.6. The molecule has 1 unspecified atom stereocenters. The first-order valence-electron chi connectivity index (χ1n) is 7.52. The van der Waals surface area contributed by atoms with Gasteiger partial charge in [0.1, 0.15) is 0 Å². The van der Waals surface area contributed by atoms with Crippen LogP contribution in [0.1, 0.15) is 23.4 Å². The number of rotatable bonds is 7. The Morgan fingerprint density at radius 2 is 2.04 bits per heavy atom. The van der Waals surface area contributed by atoms with Crippen molar-refractivity contribution in [2.75, 3.05) is 13.6 Å². The molecule has 130 valence electrons. The van der Waals surface area contributed by atoms with Gasteiger partial charge in [-0.05, 0) is 49.5 Å². The van der Waals surface area contributed by atoms with E-state index in [9.17, 15) is 13.2 Å². The summed E-state index contributed by atoms with van der Waals surface area (Å²) >= 11 is 1.66. The number of carbonyl (C=O) groups excluding carboxylic acids is 1. The van der Waals surface area contributed by atoms with E-state index < -0.39 is 10.0 Å². The van der Waals surface area contributed by atoms with E-state index in [4.69, 9.17) is 0 Å². The molecule has 1 aromatic heterocycles. The standard InChI is InChI=1S/C16H21N3O3S2/c1-12(13-5-3-7-15(11-13)24(21,22)17-2)19-16(20)18-9-8-14-6-4-10-23-14/h3-7,10-12,17H,8-9H2,1-2H3,(H2,18,19,20). The highest BCUT2D eigenvalue weighted by atomic mass is 32.2. The highest BCUT2D eigenvalue weighted by molar-refractivity contribution is 7.89. The first-order chi connectivity index (χ1) is 11.4. The molecule has 6 nitrogen and oxygen atoms in total. The summed E-state index contributed by atoms with van der Waals surface area (Å²) in [5.41, 5.74) is 0.722. The van der Waals surface area contributed by atoms with Gasteiger partial charge < -0.3 is 10.6 Å². The molecule has 1 atom stereocenters. The molecule has 24 heavy (non-hydrogen) atoms. The third kappa shape index (κ3) is 5.05. The van der Waals surface area contributed by atoms with Gasteiger partial charge in [0.15, 0.2) is 0 Å². The molecule has 2 rings (SSSR count). The summed E-state index contributed by atoms with van der Waals surface area (Å²) in [6.07, 6.45) is 0.787. The van der Waals surface area contributed by atoms with Crippen LogP contribution in [0.3, 0.4) is 0 Å². The van der Waals surface area contributed by atoms with E-state index in [1.807, 2.05) is 24.4 Å². The van der Waals surface area contributed by atoms with E-state index >= 15 is 0 Å². The van der Waals surface area contributed by atoms with Gasteiger partial charge in [-0.25, -0.2) is 17.9 Å². The van der Waals surface area contributed by atoms with Crippen molar-refractivity contribution in [1.29, 1.82) is 0 Å². The normalized spacial score (nSPS) is 12.6. The SMILES string of the molecule is CNS(=O)(=O)c1cccc(C(C)NC(=O)NCCc2cccs2)c1. The summed E-state index contributed by atoms with van der Waals surface area (Å²) in [5, 5.41) is 7.62. The first kappa shape index (κ1) is 18.4. The molecule has 0 saturated heterocycles. The molecule has 2 aromatic rings. The van der Waals surface area contributed by atoms with Crippen molar-refractivity contribution in [1.82, 2.24) is 15.4 Å². The van der Waals surface area contributed by atoms with Gasteiger partial charge in [-0.1, -0.05) is 18.2 Å². The molecule has 0 saturated carbocycles. The second-order valence-corrected chi connectivity index (χ2v) is 8.15. The number of hydrogen-bond acceptors (Lipinski definition) is 4. The van der Waals surface area contributed by atoms with Gasteiger partial charge in [0.2, 0.25) is 10.0 Å². The number of nitrogens with one attached hydrogen (secondary N) is 3. The van der Waals surface area contributed by atoms with Crippen molar-refractivity contribution in [3.8, 4) is 0 Å². The van der Waals surface area contributed by atoms with Crippen LogP contribution >= 0.6 is 11.3 Å². The predicted molar refractivity (Wildman–Crippen MR) is 95.7 cm³/mol. The van der Waals surface area contributed by atoms with Crippen LogP contribution in [-0.2, 0) is 16.4 Å². The molecule has 0 fully saturated rings. The fraction of sp³-hybridized carbons (Fsp3) is 0.312. The van der Waals surface area contributed by atoms with Gasteiger partial charge in [-0.3, -0.25) is 0 Å². The molecule has 0 bridgehead atoms. The van der Waals surface area contributed by atoms with E-state index in [0.29, 0.717) is 6.54 Å². The number of sulfonamides is 1. The minimum atomic E-state index is -3.50. The fourth-order valence-corrected chi connectivity index (χ4v) is 3.65. The second kappa shape index (κ2) is 8.27. The molecular formula is C16H21N3O3S2. The summed E-state index contributed by atoms with van der Waals surface area (Å²) < 4.78 is 26.0. The van der Waals surface area contributed by atoms with Crippen LogP contribution in [-0.4, -0.2) is 28.0 Å². The van der Waals surface area contributed by atoms with Crippen molar-refractivity contribution in [3.05, 3.63) is 52.2 Å². The van der Waals surface area contributed by atoms with Gasteiger partial charge in [0, 0.05) is 11.4 Å². The molecule has 2 amide bonds. The van der Waals surface area contributed by atoms with Crippen molar-refractivity contribution < 1.29 is 13.2 Å². The number of urea groups is 1. The third-order valence-electron chi connectivity index (χ3n) is 3.52. The molecule has 0 aliphatic heterocycles. The number of thiophene rings is 1. The van der Waals surface area contributed by atoms with Crippen molar-refractivity contribution in [2.45, 2.75) is 24.3 Å². The molecule has 0 aliphatic rings. The Hall–Kier alpha value is -1.90. The van der Waals surface area contributed by atoms with Gasteiger partial charge in [-0.15, -0.1) is 11.3 Å². The highest BCUT2D eigenvalue weighted by Gasteiger charge is 2.15. The maximum absolute atomic E-state index is 11.9. The van der Waals surface area contributed by atoms with Crippen molar-refractivity contribution in [2.24, 2.45) is 0 Å². The number of benzene rings is 1. The van der Waals surface area contributed by atoms with Gasteiger partial charge >= 0.3 is 6.03 Å². The molecule has 1 heterocycles. The Morgan fingerprint density at radius 3 is 2.71 bits per heavy atom. The molecule has 0 aliphatic carbocycles. The largest absolute Gasteiger partial charge is 0.338 e. The monoisotopic (exact) mass is 367 g/mol. The quantitative estimate of drug-likeness (QED) is 0.701. The van der Waals surface area contributed by atoms with Gasteiger partial charge in [0.25, 0.3) is 0 Å². The Bertz CT molecular complexity index is 774. The number of hydrogen-bond donors (Lipinski definition) is 3. The van der Waals surface area contributed by atoms with Crippen LogP contribution < -0.4 is 15.4 Å². The van der Waals surface area contributed by atoms with Crippen molar-refractivity contribution >= 4 is 27.4 Å². The minimum absolute atomic E-state index is 0.175. The topological polar surface area (TPSA) is 87.3 Å². The molecule has 3 N–H and O–H groups in total. The number of amides is 2. The van der Waals surface area contributed by atoms with Crippen LogP contribution in [0.2, 0.25) is 0 Å². The Labute approximate surface area is 146 Å². The number of carbonyl (C=O) groups is 1. The third-order valence-corrected chi connectivity index (χ3v) is 5.87. The summed E-state index contributed by atoms with van der Waals surface area (Å²) in [6.45, 7) is 2.36. The van der Waals surface area contributed by atoms with E-state index in [0.717, 1.165) is 12.0 Å². The minimum Gasteiger partial charge on any atom is -0.338 e. The van der Waals surface area contributed by atoms with Crippen molar-refractivity contribution in [3.63, 3.8) is 0 Å². The highest BCUT2D eigenvalue weighted by Crippen LogP contribution is 2.17. The lowest BCUT2D eigenvalue weighted by Gasteiger charge is -2.16. The summed E-state index contributed by atoms with van der Waals surface area (Å²) in [5.74, 6) is 0. The Balaban J connectivity index is 1.90. The molecule has 8 heteroatoms. The van der Waals surface area contributed by atoms with Crippen LogP contribution in [0.15, 0.2) is 46.7 Å². The van der Waals surface area contributed by atoms with Gasteiger partial charge in [0.05, 0.1) is 10.9 Å². The summed E-state index contributed by atoms with van der Waals surface area (Å²) in [7, 11) is -2.13. The lowest BCUT2D eigenvalue weighted by molar-refractivity contribution is 0.238. The van der Waals surface area contributed by atoms with Crippen LogP contribution in [0.25, 0.3) is 0 Å². The van der Waals surface area contributed by atoms with Crippen LogP contribution in [0.4, 0.5) is 4.79 Å². The Kier molecular flexibility index (Phi) is 6.36. The van der Waals surface area contributed by atoms with Gasteiger partial charge in [-0.2, -0.15) is 0 Å². The lowest BCUT2D eigenvalue weighted by Crippen LogP contribution is -2.38. The molecule has 0 radical (unpaired) electrons. The van der Waals surface area contributed by atoms with Crippen LogP contribution in [0.5, 0.6) is 0 Å². The first-order valence-corrected chi connectivity index (χ1v) is 9.89. The zero-order valence-corrected chi connectivity index (χ0v) is 15.2.